The number of carbonyl (C=O) groups is 1. The molecule has 3 N–H and O–H groups in total. The molecule has 148 valence electrons. The topological polar surface area (TPSA) is 83.7 Å². The molecule has 0 atom stereocenters. The number of anilines is 1. The molecule has 0 aliphatic carbocycles. The number of rotatable bonds is 6. The second kappa shape index (κ2) is 9.68. The van der Waals surface area contributed by atoms with Crippen LogP contribution in [-0.2, 0) is 11.4 Å². The van der Waals surface area contributed by atoms with Crippen molar-refractivity contribution < 1.29 is 19.1 Å². The zero-order valence-corrected chi connectivity index (χ0v) is 16.5. The van der Waals surface area contributed by atoms with Crippen LogP contribution in [0.25, 0.3) is 17.4 Å². The van der Waals surface area contributed by atoms with Gasteiger partial charge in [-0.25, -0.2) is 0 Å². The van der Waals surface area contributed by atoms with E-state index in [4.69, 9.17) is 21.4 Å². The molecule has 1 amide bonds. The fourth-order valence-electron chi connectivity index (χ4n) is 2.64. The summed E-state index contributed by atoms with van der Waals surface area (Å²) in [5, 5.41) is 14.9. The Morgan fingerprint density at radius 2 is 1.97 bits per heavy atom. The summed E-state index contributed by atoms with van der Waals surface area (Å²) in [6, 6.07) is 18.3. The summed E-state index contributed by atoms with van der Waals surface area (Å²) < 4.78 is 11.0. The van der Waals surface area contributed by atoms with Crippen molar-refractivity contribution in [3.63, 3.8) is 0 Å². The molecular formula is C22H20N2O4S. The van der Waals surface area contributed by atoms with E-state index in [0.29, 0.717) is 28.5 Å². The first kappa shape index (κ1) is 20.3. The molecule has 29 heavy (non-hydrogen) atoms. The lowest BCUT2D eigenvalue weighted by atomic mass is 10.1. The van der Waals surface area contributed by atoms with Gasteiger partial charge in [-0.15, -0.1) is 0 Å². The Balaban J connectivity index is 1.67. The van der Waals surface area contributed by atoms with Gasteiger partial charge in [0.1, 0.15) is 23.9 Å². The van der Waals surface area contributed by atoms with E-state index in [9.17, 15) is 9.90 Å². The average Bonchev–Trinajstić information content (AvgIpc) is 3.22. The highest BCUT2D eigenvalue weighted by Crippen LogP contribution is 2.33. The van der Waals surface area contributed by atoms with Gasteiger partial charge in [0.25, 0.3) is 0 Å². The maximum atomic E-state index is 12.1. The summed E-state index contributed by atoms with van der Waals surface area (Å²) in [7, 11) is 1.56. The minimum atomic E-state index is -0.335. The molecule has 0 aliphatic heterocycles. The number of hydrogen-bond donors (Lipinski definition) is 3. The van der Waals surface area contributed by atoms with Crippen LogP contribution >= 0.6 is 12.2 Å². The number of methoxy groups -OCH3 is 1. The summed E-state index contributed by atoms with van der Waals surface area (Å²) in [5.74, 6) is 1.28. The minimum absolute atomic E-state index is 0.166. The molecular weight excluding hydrogens is 388 g/mol. The fraction of sp³-hybridized carbons (Fsp3) is 0.0909. The van der Waals surface area contributed by atoms with E-state index in [1.165, 1.54) is 6.08 Å². The number of hydrogen-bond acceptors (Lipinski definition) is 5. The van der Waals surface area contributed by atoms with Gasteiger partial charge in [-0.3, -0.25) is 10.1 Å². The molecule has 0 saturated heterocycles. The van der Waals surface area contributed by atoms with Crippen molar-refractivity contribution in [1.29, 1.82) is 0 Å². The van der Waals surface area contributed by atoms with E-state index in [0.717, 1.165) is 5.56 Å². The van der Waals surface area contributed by atoms with Crippen LogP contribution < -0.4 is 15.4 Å². The molecule has 0 unspecified atom stereocenters. The van der Waals surface area contributed by atoms with E-state index < -0.39 is 0 Å². The van der Waals surface area contributed by atoms with Crippen LogP contribution in [-0.4, -0.2) is 23.2 Å². The number of aliphatic hydroxyl groups is 1. The second-order valence-corrected chi connectivity index (χ2v) is 6.43. The maximum absolute atomic E-state index is 12.1. The van der Waals surface area contributed by atoms with Crippen molar-refractivity contribution in [3.8, 4) is 17.1 Å². The molecule has 1 aromatic heterocycles. The Morgan fingerprint density at radius 1 is 1.17 bits per heavy atom. The Hall–Kier alpha value is -3.42. The summed E-state index contributed by atoms with van der Waals surface area (Å²) in [4.78, 5) is 12.1. The highest BCUT2D eigenvalue weighted by molar-refractivity contribution is 7.80. The van der Waals surface area contributed by atoms with Gasteiger partial charge in [0.15, 0.2) is 5.11 Å². The molecule has 1 heterocycles. The van der Waals surface area contributed by atoms with Crippen molar-refractivity contribution in [3.05, 3.63) is 78.1 Å². The average molecular weight is 408 g/mol. The number of carbonyl (C=O) groups excluding carboxylic acids is 1. The van der Waals surface area contributed by atoms with Gasteiger partial charge < -0.3 is 19.6 Å². The van der Waals surface area contributed by atoms with Gasteiger partial charge in [-0.2, -0.15) is 0 Å². The van der Waals surface area contributed by atoms with E-state index in [-0.39, 0.29) is 17.6 Å². The number of furan rings is 1. The van der Waals surface area contributed by atoms with Crippen molar-refractivity contribution in [2.45, 2.75) is 6.61 Å². The summed E-state index contributed by atoms with van der Waals surface area (Å²) in [5.41, 5.74) is 2.26. The minimum Gasteiger partial charge on any atom is -0.496 e. The lowest BCUT2D eigenvalue weighted by Crippen LogP contribution is -2.32. The number of amides is 1. The molecule has 0 fully saturated rings. The Bertz CT molecular complexity index is 1030. The van der Waals surface area contributed by atoms with Crippen LogP contribution in [0.2, 0.25) is 0 Å². The highest BCUT2D eigenvalue weighted by Gasteiger charge is 2.12. The van der Waals surface area contributed by atoms with Crippen molar-refractivity contribution in [1.82, 2.24) is 5.32 Å². The molecule has 0 radical (unpaired) electrons. The van der Waals surface area contributed by atoms with Crippen LogP contribution in [0.4, 0.5) is 5.69 Å². The maximum Gasteiger partial charge on any atom is 0.250 e. The number of thiocarbonyl (C=S) groups is 1. The SMILES string of the molecule is COc1ccc(NC(=S)NC(=O)/C=C/c2ccccc2)cc1-c1ccc(CO)o1. The zero-order valence-electron chi connectivity index (χ0n) is 15.7. The van der Waals surface area contributed by atoms with Gasteiger partial charge in [0, 0.05) is 11.8 Å². The first-order chi connectivity index (χ1) is 14.1. The molecule has 0 bridgehead atoms. The Kier molecular flexibility index (Phi) is 6.78. The predicted octanol–water partition coefficient (Wildman–Crippen LogP) is 3.97. The van der Waals surface area contributed by atoms with Crippen molar-refractivity contribution >= 4 is 35.0 Å². The molecule has 6 nitrogen and oxygen atoms in total. The van der Waals surface area contributed by atoms with Gasteiger partial charge >= 0.3 is 0 Å². The summed E-state index contributed by atoms with van der Waals surface area (Å²) in [6.07, 6.45) is 3.13. The smallest absolute Gasteiger partial charge is 0.250 e. The largest absolute Gasteiger partial charge is 0.496 e. The van der Waals surface area contributed by atoms with Crippen LogP contribution in [0.3, 0.4) is 0 Å². The zero-order chi connectivity index (χ0) is 20.6. The molecule has 0 spiro atoms. The monoisotopic (exact) mass is 408 g/mol. The second-order valence-electron chi connectivity index (χ2n) is 6.03. The lowest BCUT2D eigenvalue weighted by Gasteiger charge is -2.12. The first-order valence-corrected chi connectivity index (χ1v) is 9.23. The summed E-state index contributed by atoms with van der Waals surface area (Å²) >= 11 is 5.22. The molecule has 0 aliphatic rings. The normalized spacial score (nSPS) is 10.7. The first-order valence-electron chi connectivity index (χ1n) is 8.82. The highest BCUT2D eigenvalue weighted by atomic mass is 32.1. The van der Waals surface area contributed by atoms with Crippen LogP contribution in [0.5, 0.6) is 5.75 Å². The number of ether oxygens (including phenoxy) is 1. The third kappa shape index (κ3) is 5.54. The predicted molar refractivity (Wildman–Crippen MR) is 116 cm³/mol. The molecule has 7 heteroatoms. The summed E-state index contributed by atoms with van der Waals surface area (Å²) in [6.45, 7) is -0.188. The van der Waals surface area contributed by atoms with Crippen LogP contribution in [0, 0.1) is 0 Å². The van der Waals surface area contributed by atoms with Gasteiger partial charge in [-0.1, -0.05) is 30.3 Å². The lowest BCUT2D eigenvalue weighted by molar-refractivity contribution is -0.115. The van der Waals surface area contributed by atoms with Crippen LogP contribution in [0.15, 0.2) is 71.2 Å². The van der Waals surface area contributed by atoms with E-state index in [1.54, 1.807) is 43.5 Å². The third-order valence-corrected chi connectivity index (χ3v) is 4.21. The third-order valence-electron chi connectivity index (χ3n) is 4.00. The van der Waals surface area contributed by atoms with E-state index >= 15 is 0 Å². The Labute approximate surface area is 173 Å². The van der Waals surface area contributed by atoms with Crippen molar-refractivity contribution in [2.24, 2.45) is 0 Å². The van der Waals surface area contributed by atoms with Gasteiger partial charge in [-0.05, 0) is 54.2 Å². The van der Waals surface area contributed by atoms with E-state index in [2.05, 4.69) is 10.6 Å². The molecule has 3 aromatic rings. The quantitative estimate of drug-likeness (QED) is 0.423. The number of benzene rings is 2. The standard InChI is InChI=1S/C22H20N2O4S/c1-27-19-10-8-16(13-18(19)20-11-9-17(14-25)28-20)23-22(29)24-21(26)12-7-15-5-3-2-4-6-15/h2-13,25H,14H2,1H3,(H2,23,24,26,29)/b12-7+. The van der Waals surface area contributed by atoms with Crippen LogP contribution in [0.1, 0.15) is 11.3 Å². The van der Waals surface area contributed by atoms with E-state index in [1.807, 2.05) is 30.3 Å². The fourth-order valence-corrected chi connectivity index (χ4v) is 2.86. The number of nitrogens with one attached hydrogen (secondary N) is 2. The number of aliphatic hydroxyl groups excluding tert-OH is 1. The molecule has 3 rings (SSSR count). The van der Waals surface area contributed by atoms with Gasteiger partial charge in [0.05, 0.1) is 12.7 Å². The van der Waals surface area contributed by atoms with Gasteiger partial charge in [0.2, 0.25) is 5.91 Å². The molecule has 2 aromatic carbocycles. The Morgan fingerprint density at radius 3 is 2.66 bits per heavy atom. The molecule has 0 saturated carbocycles. The van der Waals surface area contributed by atoms with Crippen molar-refractivity contribution in [2.75, 3.05) is 12.4 Å².